The zero-order valence-corrected chi connectivity index (χ0v) is 16.4. The van der Waals surface area contributed by atoms with Gasteiger partial charge in [-0.25, -0.2) is 9.79 Å². The highest BCUT2D eigenvalue weighted by Crippen LogP contribution is 2.24. The van der Waals surface area contributed by atoms with Gasteiger partial charge in [-0.2, -0.15) is 0 Å². The SMILES string of the molecule is CCN(/C=N/c1cc(C)c(C(=O)OCc2ccccc2C)cc1C)CC. The fraction of sp³-hybridized carbons (Fsp3) is 0.364. The molecule has 138 valence electrons. The molecule has 0 spiro atoms. The van der Waals surface area contributed by atoms with E-state index in [-0.39, 0.29) is 12.6 Å². The van der Waals surface area contributed by atoms with Crippen LogP contribution < -0.4 is 0 Å². The second kappa shape index (κ2) is 9.18. The summed E-state index contributed by atoms with van der Waals surface area (Å²) in [5.41, 5.74) is 5.45. The lowest BCUT2D eigenvalue weighted by Crippen LogP contribution is -2.20. The Morgan fingerprint density at radius 3 is 2.38 bits per heavy atom. The minimum atomic E-state index is -0.298. The van der Waals surface area contributed by atoms with E-state index in [1.807, 2.05) is 63.5 Å². The molecule has 0 saturated carbocycles. The van der Waals surface area contributed by atoms with Gasteiger partial charge in [-0.05, 0) is 69.0 Å². The molecule has 0 unspecified atom stereocenters. The summed E-state index contributed by atoms with van der Waals surface area (Å²) < 4.78 is 5.52. The quantitative estimate of drug-likeness (QED) is 0.401. The van der Waals surface area contributed by atoms with E-state index in [2.05, 4.69) is 23.7 Å². The van der Waals surface area contributed by atoms with Gasteiger partial charge in [-0.1, -0.05) is 24.3 Å². The Bertz CT molecular complexity index is 793. The highest BCUT2D eigenvalue weighted by atomic mass is 16.5. The molecule has 4 nitrogen and oxygen atoms in total. The Kier molecular flexibility index (Phi) is 6.96. The number of esters is 1. The van der Waals surface area contributed by atoms with Gasteiger partial charge in [0.2, 0.25) is 0 Å². The fourth-order valence-corrected chi connectivity index (χ4v) is 2.68. The lowest BCUT2D eigenvalue weighted by Gasteiger charge is -2.14. The van der Waals surface area contributed by atoms with Crippen LogP contribution in [0.5, 0.6) is 0 Å². The van der Waals surface area contributed by atoms with Crippen molar-refractivity contribution >= 4 is 18.0 Å². The summed E-state index contributed by atoms with van der Waals surface area (Å²) in [4.78, 5) is 19.2. The molecular formula is C22H28N2O2. The Morgan fingerprint density at radius 1 is 1.04 bits per heavy atom. The molecule has 0 aliphatic heterocycles. The number of aryl methyl sites for hydroxylation is 3. The number of aliphatic imine (C=N–C) groups is 1. The Hall–Kier alpha value is -2.62. The molecular weight excluding hydrogens is 324 g/mol. The summed E-state index contributed by atoms with van der Waals surface area (Å²) >= 11 is 0. The lowest BCUT2D eigenvalue weighted by atomic mass is 10.0. The molecule has 4 heteroatoms. The van der Waals surface area contributed by atoms with Crippen molar-refractivity contribution in [2.45, 2.75) is 41.2 Å². The zero-order chi connectivity index (χ0) is 19.1. The molecule has 0 heterocycles. The summed E-state index contributed by atoms with van der Waals surface area (Å²) in [6.45, 7) is 12.2. The monoisotopic (exact) mass is 352 g/mol. The molecule has 0 radical (unpaired) electrons. The minimum Gasteiger partial charge on any atom is -0.457 e. The van der Waals surface area contributed by atoms with Crippen molar-refractivity contribution in [3.8, 4) is 0 Å². The molecule has 0 saturated heterocycles. The third-order valence-corrected chi connectivity index (χ3v) is 4.56. The van der Waals surface area contributed by atoms with E-state index in [1.165, 1.54) is 0 Å². The van der Waals surface area contributed by atoms with E-state index in [1.54, 1.807) is 0 Å². The van der Waals surface area contributed by atoms with Gasteiger partial charge in [0.1, 0.15) is 6.61 Å². The molecule has 0 amide bonds. The zero-order valence-electron chi connectivity index (χ0n) is 16.4. The summed E-state index contributed by atoms with van der Waals surface area (Å²) in [5, 5.41) is 0. The number of ether oxygens (including phenoxy) is 1. The maximum absolute atomic E-state index is 12.5. The molecule has 0 aromatic heterocycles. The van der Waals surface area contributed by atoms with Crippen molar-refractivity contribution in [3.05, 3.63) is 64.2 Å². The first-order valence-electron chi connectivity index (χ1n) is 9.07. The average Bonchev–Trinajstić information content (AvgIpc) is 2.64. The van der Waals surface area contributed by atoms with E-state index in [9.17, 15) is 4.79 Å². The van der Waals surface area contributed by atoms with Gasteiger partial charge >= 0.3 is 5.97 Å². The molecule has 0 N–H and O–H groups in total. The van der Waals surface area contributed by atoms with E-state index in [0.717, 1.165) is 41.0 Å². The summed E-state index contributed by atoms with van der Waals surface area (Å²) in [6.07, 6.45) is 1.86. The maximum atomic E-state index is 12.5. The van der Waals surface area contributed by atoms with Crippen LogP contribution in [-0.4, -0.2) is 30.3 Å². The van der Waals surface area contributed by atoms with Gasteiger partial charge in [0.15, 0.2) is 0 Å². The van der Waals surface area contributed by atoms with Crippen LogP contribution in [0.25, 0.3) is 0 Å². The molecule has 26 heavy (non-hydrogen) atoms. The number of hydrogen-bond acceptors (Lipinski definition) is 3. The van der Waals surface area contributed by atoms with Crippen LogP contribution in [0, 0.1) is 20.8 Å². The molecule has 0 aliphatic rings. The normalized spacial score (nSPS) is 11.0. The number of rotatable bonds is 7. The van der Waals surface area contributed by atoms with Crippen molar-refractivity contribution in [1.29, 1.82) is 0 Å². The minimum absolute atomic E-state index is 0.284. The van der Waals surface area contributed by atoms with Crippen molar-refractivity contribution in [2.75, 3.05) is 13.1 Å². The molecule has 2 aromatic carbocycles. The van der Waals surface area contributed by atoms with Gasteiger partial charge in [0, 0.05) is 13.1 Å². The van der Waals surface area contributed by atoms with Crippen molar-refractivity contribution in [3.63, 3.8) is 0 Å². The topological polar surface area (TPSA) is 41.9 Å². The molecule has 0 bridgehead atoms. The predicted molar refractivity (Wildman–Crippen MR) is 107 cm³/mol. The Labute approximate surface area is 156 Å². The number of benzene rings is 2. The third kappa shape index (κ3) is 4.94. The van der Waals surface area contributed by atoms with Gasteiger partial charge < -0.3 is 9.64 Å². The largest absolute Gasteiger partial charge is 0.457 e. The van der Waals surface area contributed by atoms with E-state index in [0.29, 0.717) is 5.56 Å². The van der Waals surface area contributed by atoms with Gasteiger partial charge in [0.05, 0.1) is 17.6 Å². The Morgan fingerprint density at radius 2 is 1.73 bits per heavy atom. The van der Waals surface area contributed by atoms with Crippen molar-refractivity contribution < 1.29 is 9.53 Å². The van der Waals surface area contributed by atoms with E-state index >= 15 is 0 Å². The summed E-state index contributed by atoms with van der Waals surface area (Å²) in [5.74, 6) is -0.298. The molecule has 2 rings (SSSR count). The third-order valence-electron chi connectivity index (χ3n) is 4.56. The van der Waals surface area contributed by atoms with Crippen molar-refractivity contribution in [1.82, 2.24) is 4.90 Å². The van der Waals surface area contributed by atoms with Crippen LogP contribution in [0.4, 0.5) is 5.69 Å². The maximum Gasteiger partial charge on any atom is 0.338 e. The molecule has 0 atom stereocenters. The van der Waals surface area contributed by atoms with E-state index in [4.69, 9.17) is 4.74 Å². The van der Waals surface area contributed by atoms with Crippen molar-refractivity contribution in [2.24, 2.45) is 4.99 Å². The molecule has 0 aliphatic carbocycles. The van der Waals surface area contributed by atoms with Gasteiger partial charge in [-0.3, -0.25) is 0 Å². The number of nitrogens with zero attached hydrogens (tertiary/aromatic N) is 2. The summed E-state index contributed by atoms with van der Waals surface area (Å²) in [7, 11) is 0. The predicted octanol–water partition coefficient (Wildman–Crippen LogP) is 4.97. The van der Waals surface area contributed by atoms with Crippen LogP contribution in [0.1, 0.15) is 46.5 Å². The van der Waals surface area contributed by atoms with E-state index < -0.39 is 0 Å². The first-order valence-corrected chi connectivity index (χ1v) is 9.07. The standard InChI is InChI=1S/C22H28N2O2/c1-6-24(7-2)15-23-21-13-17(4)20(12-18(21)5)22(25)26-14-19-11-9-8-10-16(19)3/h8-13,15H,6-7,14H2,1-5H3/b23-15+. The number of hydrogen-bond donors (Lipinski definition) is 0. The highest BCUT2D eigenvalue weighted by molar-refractivity contribution is 5.92. The summed E-state index contributed by atoms with van der Waals surface area (Å²) in [6, 6.07) is 11.7. The van der Waals surface area contributed by atoms with Gasteiger partial charge in [-0.15, -0.1) is 0 Å². The van der Waals surface area contributed by atoms with Gasteiger partial charge in [0.25, 0.3) is 0 Å². The average molecular weight is 352 g/mol. The smallest absolute Gasteiger partial charge is 0.338 e. The van der Waals surface area contributed by atoms with Crippen LogP contribution in [0.3, 0.4) is 0 Å². The number of carbonyl (C=O) groups is 1. The second-order valence-electron chi connectivity index (χ2n) is 6.42. The highest BCUT2D eigenvalue weighted by Gasteiger charge is 2.13. The lowest BCUT2D eigenvalue weighted by molar-refractivity contribution is 0.0471. The van der Waals surface area contributed by atoms with Crippen LogP contribution in [0.15, 0.2) is 41.4 Å². The van der Waals surface area contributed by atoms with Crippen LogP contribution in [0.2, 0.25) is 0 Å². The van der Waals surface area contributed by atoms with Crippen LogP contribution >= 0.6 is 0 Å². The second-order valence-corrected chi connectivity index (χ2v) is 6.42. The fourth-order valence-electron chi connectivity index (χ4n) is 2.68. The first kappa shape index (κ1) is 19.7. The number of carbonyl (C=O) groups excluding carboxylic acids is 1. The van der Waals surface area contributed by atoms with Crippen LogP contribution in [-0.2, 0) is 11.3 Å². The molecule has 2 aromatic rings. The first-order chi connectivity index (χ1) is 12.5. The Balaban J connectivity index is 2.13. The molecule has 0 fully saturated rings.